The van der Waals surface area contributed by atoms with E-state index in [0.29, 0.717) is 12.1 Å². The Bertz CT molecular complexity index is 304. The fraction of sp³-hybridized carbons (Fsp3) is 0.750. The van der Waals surface area contributed by atoms with E-state index in [4.69, 9.17) is 0 Å². The van der Waals surface area contributed by atoms with E-state index in [9.17, 15) is 0 Å². The molecule has 0 aliphatic heterocycles. The Morgan fingerprint density at radius 3 is 3.07 bits per heavy atom. The molecule has 1 aliphatic carbocycles. The van der Waals surface area contributed by atoms with Crippen LogP contribution in [0.2, 0.25) is 0 Å². The normalized spacial score (nSPS) is 26.8. The summed E-state index contributed by atoms with van der Waals surface area (Å²) in [5, 5.41) is 8.07. The van der Waals surface area contributed by atoms with Gasteiger partial charge in [-0.1, -0.05) is 6.92 Å². The van der Waals surface area contributed by atoms with Crippen molar-refractivity contribution in [1.82, 2.24) is 15.1 Å². The van der Waals surface area contributed by atoms with E-state index in [0.717, 1.165) is 12.2 Å². The van der Waals surface area contributed by atoms with Gasteiger partial charge < -0.3 is 5.32 Å². The summed E-state index contributed by atoms with van der Waals surface area (Å²) in [6.45, 7) is 5.32. The Kier molecular flexibility index (Phi) is 3.41. The van der Waals surface area contributed by atoms with E-state index in [1.807, 2.05) is 0 Å². The molecule has 1 aromatic heterocycles. The molecule has 0 amide bonds. The standard InChI is InChI=1S/C12H21N3/c1-3-13-11-5-4-6-12(9-11)15-8-7-10(2)14-15/h7-8,11-13H,3-6,9H2,1-2H3. The van der Waals surface area contributed by atoms with Gasteiger partial charge in [0.15, 0.2) is 0 Å². The van der Waals surface area contributed by atoms with Crippen molar-refractivity contribution in [3.05, 3.63) is 18.0 Å². The lowest BCUT2D eigenvalue weighted by atomic mass is 9.91. The van der Waals surface area contributed by atoms with Gasteiger partial charge in [0.1, 0.15) is 0 Å². The predicted octanol–water partition coefficient (Wildman–Crippen LogP) is 2.28. The van der Waals surface area contributed by atoms with Crippen molar-refractivity contribution in [1.29, 1.82) is 0 Å². The summed E-state index contributed by atoms with van der Waals surface area (Å²) in [4.78, 5) is 0. The molecule has 2 unspecified atom stereocenters. The maximum absolute atomic E-state index is 4.52. The van der Waals surface area contributed by atoms with Gasteiger partial charge in [0, 0.05) is 12.2 Å². The van der Waals surface area contributed by atoms with Crippen molar-refractivity contribution >= 4 is 0 Å². The molecule has 0 radical (unpaired) electrons. The average molecular weight is 207 g/mol. The first-order chi connectivity index (χ1) is 7.29. The third-order valence-corrected chi connectivity index (χ3v) is 3.26. The zero-order valence-corrected chi connectivity index (χ0v) is 9.74. The maximum Gasteiger partial charge on any atom is 0.0593 e. The molecule has 1 N–H and O–H groups in total. The van der Waals surface area contributed by atoms with Gasteiger partial charge in [-0.05, 0) is 45.2 Å². The molecule has 1 fully saturated rings. The van der Waals surface area contributed by atoms with E-state index in [1.165, 1.54) is 25.7 Å². The van der Waals surface area contributed by atoms with Crippen LogP contribution in [-0.2, 0) is 0 Å². The summed E-state index contributed by atoms with van der Waals surface area (Å²) in [6, 6.07) is 3.39. The van der Waals surface area contributed by atoms with Gasteiger partial charge in [0.25, 0.3) is 0 Å². The van der Waals surface area contributed by atoms with Crippen molar-refractivity contribution < 1.29 is 0 Å². The van der Waals surface area contributed by atoms with E-state index >= 15 is 0 Å². The molecule has 3 nitrogen and oxygen atoms in total. The Balaban J connectivity index is 1.98. The number of rotatable bonds is 3. The first kappa shape index (κ1) is 10.7. The molecule has 0 saturated heterocycles. The van der Waals surface area contributed by atoms with Crippen molar-refractivity contribution in [2.75, 3.05) is 6.54 Å². The van der Waals surface area contributed by atoms with E-state index in [-0.39, 0.29) is 0 Å². The van der Waals surface area contributed by atoms with Crippen LogP contribution in [0, 0.1) is 6.92 Å². The fourth-order valence-electron chi connectivity index (χ4n) is 2.51. The molecule has 15 heavy (non-hydrogen) atoms. The fourth-order valence-corrected chi connectivity index (χ4v) is 2.51. The summed E-state index contributed by atoms with van der Waals surface area (Å²) in [5.41, 5.74) is 1.13. The third-order valence-electron chi connectivity index (χ3n) is 3.26. The van der Waals surface area contributed by atoms with Crippen LogP contribution in [-0.4, -0.2) is 22.4 Å². The maximum atomic E-state index is 4.52. The van der Waals surface area contributed by atoms with Crippen LogP contribution in [0.25, 0.3) is 0 Å². The number of aromatic nitrogens is 2. The Morgan fingerprint density at radius 1 is 1.53 bits per heavy atom. The number of hydrogen-bond donors (Lipinski definition) is 1. The Morgan fingerprint density at radius 2 is 2.40 bits per heavy atom. The quantitative estimate of drug-likeness (QED) is 0.824. The van der Waals surface area contributed by atoms with Gasteiger partial charge in [-0.25, -0.2) is 0 Å². The van der Waals surface area contributed by atoms with Crippen LogP contribution < -0.4 is 5.32 Å². The molecule has 84 valence electrons. The van der Waals surface area contributed by atoms with Gasteiger partial charge >= 0.3 is 0 Å². The molecular weight excluding hydrogens is 186 g/mol. The van der Waals surface area contributed by atoms with Crippen LogP contribution in [0.15, 0.2) is 12.3 Å². The number of nitrogens with one attached hydrogen (secondary N) is 1. The molecule has 1 saturated carbocycles. The summed E-state index contributed by atoms with van der Waals surface area (Å²) in [5.74, 6) is 0. The summed E-state index contributed by atoms with van der Waals surface area (Å²) in [7, 11) is 0. The second kappa shape index (κ2) is 4.79. The summed E-state index contributed by atoms with van der Waals surface area (Å²) < 4.78 is 2.15. The minimum Gasteiger partial charge on any atom is -0.314 e. The molecule has 1 heterocycles. The first-order valence-electron chi connectivity index (χ1n) is 6.04. The molecular formula is C12H21N3. The highest BCUT2D eigenvalue weighted by molar-refractivity contribution is 4.97. The highest BCUT2D eigenvalue weighted by Crippen LogP contribution is 2.27. The number of hydrogen-bond acceptors (Lipinski definition) is 2. The Hall–Kier alpha value is -0.830. The van der Waals surface area contributed by atoms with Gasteiger partial charge in [0.2, 0.25) is 0 Å². The number of nitrogens with zero attached hydrogens (tertiary/aromatic N) is 2. The smallest absolute Gasteiger partial charge is 0.0593 e. The SMILES string of the molecule is CCNC1CCCC(n2ccc(C)n2)C1. The predicted molar refractivity (Wildman–Crippen MR) is 61.9 cm³/mol. The van der Waals surface area contributed by atoms with Gasteiger partial charge in [-0.2, -0.15) is 5.10 Å². The van der Waals surface area contributed by atoms with Crippen molar-refractivity contribution in [2.45, 2.75) is 51.6 Å². The lowest BCUT2D eigenvalue weighted by Crippen LogP contribution is -2.34. The van der Waals surface area contributed by atoms with E-state index < -0.39 is 0 Å². The van der Waals surface area contributed by atoms with Crippen LogP contribution in [0.3, 0.4) is 0 Å². The second-order valence-electron chi connectivity index (χ2n) is 4.51. The zero-order valence-electron chi connectivity index (χ0n) is 9.74. The molecule has 2 rings (SSSR count). The van der Waals surface area contributed by atoms with Crippen molar-refractivity contribution in [2.24, 2.45) is 0 Å². The largest absolute Gasteiger partial charge is 0.314 e. The third kappa shape index (κ3) is 2.59. The summed E-state index contributed by atoms with van der Waals surface area (Å²) >= 11 is 0. The summed E-state index contributed by atoms with van der Waals surface area (Å²) in [6.07, 6.45) is 7.28. The lowest BCUT2D eigenvalue weighted by molar-refractivity contribution is 0.272. The minimum absolute atomic E-state index is 0.608. The van der Waals surface area contributed by atoms with Gasteiger partial charge in [-0.3, -0.25) is 4.68 Å². The Labute approximate surface area is 91.9 Å². The molecule has 2 atom stereocenters. The molecule has 1 aliphatic rings. The molecule has 3 heteroatoms. The number of aryl methyl sites for hydroxylation is 1. The first-order valence-corrected chi connectivity index (χ1v) is 6.04. The van der Waals surface area contributed by atoms with Gasteiger partial charge in [0.05, 0.1) is 11.7 Å². The highest BCUT2D eigenvalue weighted by Gasteiger charge is 2.22. The highest BCUT2D eigenvalue weighted by atomic mass is 15.3. The molecule has 0 aromatic carbocycles. The van der Waals surface area contributed by atoms with Crippen LogP contribution in [0.5, 0.6) is 0 Å². The lowest BCUT2D eigenvalue weighted by Gasteiger charge is -2.29. The molecule has 0 spiro atoms. The van der Waals surface area contributed by atoms with Crippen molar-refractivity contribution in [3.63, 3.8) is 0 Å². The van der Waals surface area contributed by atoms with E-state index in [2.05, 4.69) is 41.2 Å². The average Bonchev–Trinajstić information content (AvgIpc) is 2.66. The van der Waals surface area contributed by atoms with Crippen LogP contribution >= 0.6 is 0 Å². The minimum atomic E-state index is 0.608. The zero-order chi connectivity index (χ0) is 10.7. The van der Waals surface area contributed by atoms with Crippen LogP contribution in [0.4, 0.5) is 0 Å². The van der Waals surface area contributed by atoms with Crippen LogP contribution in [0.1, 0.15) is 44.3 Å². The second-order valence-corrected chi connectivity index (χ2v) is 4.51. The molecule has 0 bridgehead atoms. The van der Waals surface area contributed by atoms with Gasteiger partial charge in [-0.15, -0.1) is 0 Å². The molecule has 1 aromatic rings. The van der Waals surface area contributed by atoms with E-state index in [1.54, 1.807) is 0 Å². The monoisotopic (exact) mass is 207 g/mol. The van der Waals surface area contributed by atoms with Crippen molar-refractivity contribution in [3.8, 4) is 0 Å². The topological polar surface area (TPSA) is 29.9 Å².